The molecule has 1 rings (SSSR count). The lowest BCUT2D eigenvalue weighted by Gasteiger charge is -2.42. The molecule has 1 amide bonds. The zero-order valence-corrected chi connectivity index (χ0v) is 10.1. The van der Waals surface area contributed by atoms with E-state index in [4.69, 9.17) is 0 Å². The summed E-state index contributed by atoms with van der Waals surface area (Å²) in [7, 11) is 0. The van der Waals surface area contributed by atoms with Gasteiger partial charge in [-0.05, 0) is 5.41 Å². The van der Waals surface area contributed by atoms with Crippen molar-refractivity contribution in [1.82, 2.24) is 4.90 Å². The van der Waals surface area contributed by atoms with E-state index in [1.807, 2.05) is 20.8 Å². The minimum Gasteiger partial charge on any atom is -0.333 e. The Morgan fingerprint density at radius 2 is 2.07 bits per heavy atom. The van der Waals surface area contributed by atoms with E-state index in [-0.39, 0.29) is 11.5 Å². The first-order valence-corrected chi connectivity index (χ1v) is 6.16. The highest BCUT2D eigenvalue weighted by Gasteiger charge is 2.38. The summed E-state index contributed by atoms with van der Waals surface area (Å²) in [6, 6.07) is -0.0854. The molecule has 0 aromatic heterocycles. The summed E-state index contributed by atoms with van der Waals surface area (Å²) < 4.78 is 24.8. The molecule has 1 aliphatic heterocycles. The van der Waals surface area contributed by atoms with Gasteiger partial charge >= 0.3 is 6.43 Å². The van der Waals surface area contributed by atoms with E-state index in [9.17, 15) is 13.6 Å². The third-order valence-electron chi connectivity index (χ3n) is 2.60. The highest BCUT2D eigenvalue weighted by molar-refractivity contribution is 7.99. The molecule has 1 fully saturated rings. The molecule has 5 heteroatoms. The zero-order valence-electron chi connectivity index (χ0n) is 9.30. The topological polar surface area (TPSA) is 20.3 Å². The van der Waals surface area contributed by atoms with Crippen molar-refractivity contribution in [1.29, 1.82) is 0 Å². The second-order valence-electron chi connectivity index (χ2n) is 4.79. The molecule has 1 unspecified atom stereocenters. The molecule has 0 aromatic rings. The summed E-state index contributed by atoms with van der Waals surface area (Å²) in [6.45, 7) is 6.38. The normalized spacial score (nSPS) is 23.3. The fourth-order valence-electron chi connectivity index (χ4n) is 1.71. The summed E-state index contributed by atoms with van der Waals surface area (Å²) in [5.41, 5.74) is -0.141. The van der Waals surface area contributed by atoms with Crippen LogP contribution in [0.3, 0.4) is 0 Å². The van der Waals surface area contributed by atoms with Crippen molar-refractivity contribution in [3.05, 3.63) is 0 Å². The Morgan fingerprint density at radius 1 is 1.47 bits per heavy atom. The van der Waals surface area contributed by atoms with Crippen LogP contribution in [0, 0.1) is 5.41 Å². The molecule has 0 radical (unpaired) electrons. The Morgan fingerprint density at radius 3 is 2.53 bits per heavy atom. The van der Waals surface area contributed by atoms with E-state index < -0.39 is 12.3 Å². The average molecular weight is 237 g/mol. The Bertz CT molecular complexity index is 240. The first-order chi connectivity index (χ1) is 6.84. The maximum Gasteiger partial charge on any atom is 0.315 e. The molecule has 0 N–H and O–H groups in total. The van der Waals surface area contributed by atoms with E-state index in [2.05, 4.69) is 0 Å². The second-order valence-corrected chi connectivity index (χ2v) is 5.94. The minimum absolute atomic E-state index is 0.0854. The summed E-state index contributed by atoms with van der Waals surface area (Å²) in [4.78, 5) is 12.7. The van der Waals surface area contributed by atoms with Crippen molar-refractivity contribution < 1.29 is 13.6 Å². The van der Waals surface area contributed by atoms with Gasteiger partial charge in [0, 0.05) is 24.1 Å². The molecular weight excluding hydrogens is 220 g/mol. The minimum atomic E-state index is -2.88. The Hall–Kier alpha value is -0.320. The maximum atomic E-state index is 12.4. The number of carbonyl (C=O) groups excluding carboxylic acids is 1. The van der Waals surface area contributed by atoms with Gasteiger partial charge in [-0.3, -0.25) is 4.79 Å². The van der Waals surface area contributed by atoms with Crippen molar-refractivity contribution >= 4 is 17.7 Å². The van der Waals surface area contributed by atoms with Crippen molar-refractivity contribution in [2.45, 2.75) is 33.2 Å². The zero-order chi connectivity index (χ0) is 11.6. The molecule has 0 aromatic carbocycles. The summed E-state index contributed by atoms with van der Waals surface area (Å²) in [6.07, 6.45) is -2.88. The lowest BCUT2D eigenvalue weighted by atomic mass is 9.86. The van der Waals surface area contributed by atoms with Crippen molar-refractivity contribution in [2.75, 3.05) is 18.1 Å². The van der Waals surface area contributed by atoms with Gasteiger partial charge < -0.3 is 4.90 Å². The number of nitrogens with zero attached hydrogens (tertiary/aromatic N) is 1. The quantitative estimate of drug-likeness (QED) is 0.697. The first-order valence-electron chi connectivity index (χ1n) is 5.00. The lowest BCUT2D eigenvalue weighted by molar-refractivity contribution is -0.146. The molecule has 15 heavy (non-hydrogen) atoms. The smallest absolute Gasteiger partial charge is 0.315 e. The van der Waals surface area contributed by atoms with Gasteiger partial charge in [-0.25, -0.2) is 0 Å². The molecule has 0 bridgehead atoms. The van der Waals surface area contributed by atoms with Crippen molar-refractivity contribution in [3.8, 4) is 0 Å². The molecule has 1 aliphatic rings. The Kier molecular flexibility index (Phi) is 3.98. The highest BCUT2D eigenvalue weighted by Crippen LogP contribution is 2.31. The molecular formula is C10H17F2NOS. The van der Waals surface area contributed by atoms with Crippen LogP contribution in [-0.2, 0) is 4.79 Å². The van der Waals surface area contributed by atoms with E-state index in [1.54, 1.807) is 11.8 Å². The average Bonchev–Trinajstić information content (AvgIpc) is 2.15. The third-order valence-corrected chi connectivity index (χ3v) is 3.62. The first kappa shape index (κ1) is 12.7. The number of rotatable bonds is 1. The highest BCUT2D eigenvalue weighted by atomic mass is 32.2. The van der Waals surface area contributed by atoms with Gasteiger partial charge in [-0.1, -0.05) is 20.8 Å². The Labute approximate surface area is 93.4 Å². The maximum absolute atomic E-state index is 12.4. The predicted molar refractivity (Wildman–Crippen MR) is 58.3 cm³/mol. The molecule has 1 saturated heterocycles. The van der Waals surface area contributed by atoms with Gasteiger partial charge in [0.25, 0.3) is 5.91 Å². The Balaban J connectivity index is 2.79. The van der Waals surface area contributed by atoms with Crippen molar-refractivity contribution in [2.24, 2.45) is 5.41 Å². The van der Waals surface area contributed by atoms with Crippen LogP contribution in [0.5, 0.6) is 0 Å². The van der Waals surface area contributed by atoms with E-state index >= 15 is 0 Å². The van der Waals surface area contributed by atoms with Gasteiger partial charge in [0.05, 0.1) is 0 Å². The molecule has 1 atom stereocenters. The summed E-state index contributed by atoms with van der Waals surface area (Å²) >= 11 is 1.72. The van der Waals surface area contributed by atoms with Gasteiger partial charge in [0.2, 0.25) is 0 Å². The van der Waals surface area contributed by atoms with Crippen LogP contribution in [0.1, 0.15) is 20.8 Å². The summed E-state index contributed by atoms with van der Waals surface area (Å²) in [5, 5.41) is 0. The number of alkyl halides is 2. The van der Waals surface area contributed by atoms with Crippen LogP contribution in [0.15, 0.2) is 0 Å². The number of hydrogen-bond donors (Lipinski definition) is 0. The fraction of sp³-hybridized carbons (Fsp3) is 0.900. The van der Waals surface area contributed by atoms with Gasteiger partial charge in [-0.15, -0.1) is 0 Å². The van der Waals surface area contributed by atoms with Crippen LogP contribution in [0.4, 0.5) is 8.78 Å². The van der Waals surface area contributed by atoms with Gasteiger partial charge in [0.15, 0.2) is 0 Å². The summed E-state index contributed by atoms with van der Waals surface area (Å²) in [5.74, 6) is 0.489. The van der Waals surface area contributed by atoms with E-state index in [1.165, 1.54) is 4.90 Å². The molecule has 0 saturated carbocycles. The number of hydrogen-bond acceptors (Lipinski definition) is 2. The number of thioether (sulfide) groups is 1. The number of amides is 1. The molecule has 0 aliphatic carbocycles. The standard InChI is InChI=1S/C10H17F2NOS/c1-10(2,3)7-6-15-5-4-13(7)9(14)8(11)12/h7-8H,4-6H2,1-3H3. The van der Waals surface area contributed by atoms with Crippen molar-refractivity contribution in [3.63, 3.8) is 0 Å². The van der Waals surface area contributed by atoms with E-state index in [0.717, 1.165) is 11.5 Å². The molecule has 0 spiro atoms. The predicted octanol–water partition coefficient (Wildman–Crippen LogP) is 2.24. The van der Waals surface area contributed by atoms with Crippen LogP contribution >= 0.6 is 11.8 Å². The van der Waals surface area contributed by atoms with Crippen LogP contribution < -0.4 is 0 Å². The largest absolute Gasteiger partial charge is 0.333 e. The molecule has 88 valence electrons. The van der Waals surface area contributed by atoms with Crippen LogP contribution in [0.25, 0.3) is 0 Å². The number of halogens is 2. The number of carbonyl (C=O) groups is 1. The lowest BCUT2D eigenvalue weighted by Crippen LogP contribution is -2.53. The van der Waals surface area contributed by atoms with Crippen LogP contribution in [-0.4, -0.2) is 41.3 Å². The fourth-order valence-corrected chi connectivity index (χ4v) is 3.11. The van der Waals surface area contributed by atoms with Crippen LogP contribution in [0.2, 0.25) is 0 Å². The van der Waals surface area contributed by atoms with E-state index in [0.29, 0.717) is 6.54 Å². The van der Waals surface area contributed by atoms with Gasteiger partial charge in [-0.2, -0.15) is 20.5 Å². The SMILES string of the molecule is CC(C)(C)C1CSCCN1C(=O)C(F)F. The molecule has 1 heterocycles. The monoisotopic (exact) mass is 237 g/mol. The third kappa shape index (κ3) is 3.06. The second kappa shape index (κ2) is 4.68. The van der Waals surface area contributed by atoms with Gasteiger partial charge in [0.1, 0.15) is 0 Å². The molecule has 2 nitrogen and oxygen atoms in total.